The van der Waals surface area contributed by atoms with Crippen LogP contribution in [-0.4, -0.2) is 19.1 Å². The number of anilines is 2. The van der Waals surface area contributed by atoms with Gasteiger partial charge in [-0.25, -0.2) is 0 Å². The summed E-state index contributed by atoms with van der Waals surface area (Å²) >= 11 is 0. The van der Waals surface area contributed by atoms with Crippen LogP contribution >= 0.6 is 0 Å². The molecule has 0 radical (unpaired) electrons. The zero-order chi connectivity index (χ0) is 18.6. The van der Waals surface area contributed by atoms with Crippen LogP contribution in [0.2, 0.25) is 0 Å². The van der Waals surface area contributed by atoms with Gasteiger partial charge in [0.25, 0.3) is 5.91 Å². The standard InChI is InChI=1S/C20H26N2O3/c1-12(2)15-7-6-13(3)19(10-15)25-14(4)20(23)22-18-11-16(24-5)8-9-17(18)21/h6-12,14H,21H2,1-5H3,(H,22,23). The fraction of sp³-hybridized carbons (Fsp3) is 0.350. The first-order valence-electron chi connectivity index (χ1n) is 8.33. The molecule has 0 spiro atoms. The summed E-state index contributed by atoms with van der Waals surface area (Å²) in [6.45, 7) is 7.92. The molecule has 5 heteroatoms. The van der Waals surface area contributed by atoms with Crippen LogP contribution in [0.1, 0.15) is 37.8 Å². The van der Waals surface area contributed by atoms with Gasteiger partial charge in [-0.05, 0) is 49.1 Å². The second-order valence-corrected chi connectivity index (χ2v) is 6.38. The van der Waals surface area contributed by atoms with Gasteiger partial charge in [-0.3, -0.25) is 4.79 Å². The second-order valence-electron chi connectivity index (χ2n) is 6.38. The lowest BCUT2D eigenvalue weighted by Gasteiger charge is -2.18. The smallest absolute Gasteiger partial charge is 0.265 e. The van der Waals surface area contributed by atoms with Crippen molar-refractivity contribution in [1.29, 1.82) is 0 Å². The number of ether oxygens (including phenoxy) is 2. The Morgan fingerprint density at radius 3 is 2.48 bits per heavy atom. The minimum Gasteiger partial charge on any atom is -0.497 e. The van der Waals surface area contributed by atoms with E-state index >= 15 is 0 Å². The molecule has 3 N–H and O–H groups in total. The summed E-state index contributed by atoms with van der Waals surface area (Å²) in [5, 5.41) is 2.79. The zero-order valence-corrected chi connectivity index (χ0v) is 15.4. The van der Waals surface area contributed by atoms with Crippen molar-refractivity contribution < 1.29 is 14.3 Å². The SMILES string of the molecule is COc1ccc(N)c(NC(=O)C(C)Oc2cc(C(C)C)ccc2C)c1. The largest absolute Gasteiger partial charge is 0.497 e. The molecule has 0 aromatic heterocycles. The normalized spacial score (nSPS) is 11.9. The monoisotopic (exact) mass is 342 g/mol. The molecule has 0 saturated heterocycles. The van der Waals surface area contributed by atoms with E-state index in [0.717, 1.165) is 5.56 Å². The van der Waals surface area contributed by atoms with E-state index in [4.69, 9.17) is 15.2 Å². The van der Waals surface area contributed by atoms with Crippen LogP contribution in [0.15, 0.2) is 36.4 Å². The van der Waals surface area contributed by atoms with Gasteiger partial charge in [0.05, 0.1) is 18.5 Å². The van der Waals surface area contributed by atoms with Crippen LogP contribution in [0.5, 0.6) is 11.5 Å². The molecule has 5 nitrogen and oxygen atoms in total. The predicted molar refractivity (Wildman–Crippen MR) is 101 cm³/mol. The Hall–Kier alpha value is -2.69. The van der Waals surface area contributed by atoms with Gasteiger partial charge in [0.1, 0.15) is 11.5 Å². The number of hydrogen-bond acceptors (Lipinski definition) is 4. The van der Waals surface area contributed by atoms with E-state index in [9.17, 15) is 4.79 Å². The molecular weight excluding hydrogens is 316 g/mol. The molecule has 2 rings (SSSR count). The molecule has 2 aromatic rings. The van der Waals surface area contributed by atoms with Crippen molar-refractivity contribution in [2.45, 2.75) is 39.7 Å². The van der Waals surface area contributed by atoms with Gasteiger partial charge in [-0.15, -0.1) is 0 Å². The topological polar surface area (TPSA) is 73.6 Å². The number of methoxy groups -OCH3 is 1. The lowest BCUT2D eigenvalue weighted by molar-refractivity contribution is -0.122. The highest BCUT2D eigenvalue weighted by atomic mass is 16.5. The molecule has 1 unspecified atom stereocenters. The summed E-state index contributed by atoms with van der Waals surface area (Å²) in [6.07, 6.45) is -0.660. The first-order chi connectivity index (χ1) is 11.8. The summed E-state index contributed by atoms with van der Waals surface area (Å²) < 4.78 is 11.0. The molecule has 0 heterocycles. The average molecular weight is 342 g/mol. The van der Waals surface area contributed by atoms with Crippen LogP contribution in [0.4, 0.5) is 11.4 Å². The number of rotatable bonds is 6. The van der Waals surface area contributed by atoms with Crippen molar-refractivity contribution in [3.8, 4) is 11.5 Å². The molecule has 134 valence electrons. The lowest BCUT2D eigenvalue weighted by atomic mass is 10.0. The van der Waals surface area contributed by atoms with Crippen LogP contribution < -0.4 is 20.5 Å². The molecule has 0 bridgehead atoms. The predicted octanol–water partition coefficient (Wildman–Crippen LogP) is 4.12. The highest BCUT2D eigenvalue weighted by Crippen LogP contribution is 2.27. The molecule has 1 atom stereocenters. The van der Waals surface area contributed by atoms with Gasteiger partial charge in [0, 0.05) is 6.07 Å². The van der Waals surface area contributed by atoms with Gasteiger partial charge >= 0.3 is 0 Å². The number of aryl methyl sites for hydroxylation is 1. The van der Waals surface area contributed by atoms with Crippen LogP contribution in [0, 0.1) is 6.92 Å². The Morgan fingerprint density at radius 1 is 1.12 bits per heavy atom. The average Bonchev–Trinajstić information content (AvgIpc) is 2.58. The third-order valence-corrected chi connectivity index (χ3v) is 4.07. The number of carbonyl (C=O) groups excluding carboxylic acids is 1. The lowest BCUT2D eigenvalue weighted by Crippen LogP contribution is -2.30. The first kappa shape index (κ1) is 18.6. The first-order valence-corrected chi connectivity index (χ1v) is 8.33. The summed E-state index contributed by atoms with van der Waals surface area (Å²) in [7, 11) is 1.56. The molecule has 0 aliphatic rings. The minimum absolute atomic E-state index is 0.269. The number of hydrogen-bond donors (Lipinski definition) is 2. The van der Waals surface area contributed by atoms with E-state index in [-0.39, 0.29) is 5.91 Å². The second kappa shape index (κ2) is 7.92. The number of carbonyl (C=O) groups is 1. The number of benzene rings is 2. The van der Waals surface area contributed by atoms with Crippen molar-refractivity contribution in [3.05, 3.63) is 47.5 Å². The maximum atomic E-state index is 12.5. The van der Waals surface area contributed by atoms with E-state index in [1.807, 2.05) is 19.1 Å². The molecule has 2 aromatic carbocycles. The quantitative estimate of drug-likeness (QED) is 0.775. The maximum Gasteiger partial charge on any atom is 0.265 e. The van der Waals surface area contributed by atoms with Crippen molar-refractivity contribution >= 4 is 17.3 Å². The molecule has 0 aliphatic heterocycles. The zero-order valence-electron chi connectivity index (χ0n) is 15.4. The van der Waals surface area contributed by atoms with Crippen molar-refractivity contribution in [1.82, 2.24) is 0 Å². The summed E-state index contributed by atoms with van der Waals surface area (Å²) in [4.78, 5) is 12.5. The van der Waals surface area contributed by atoms with E-state index in [1.54, 1.807) is 32.2 Å². The minimum atomic E-state index is -0.660. The maximum absolute atomic E-state index is 12.5. The summed E-state index contributed by atoms with van der Waals surface area (Å²) in [5.41, 5.74) is 9.05. The highest BCUT2D eigenvalue weighted by Gasteiger charge is 2.18. The molecule has 1 amide bonds. The number of amides is 1. The van der Waals surface area contributed by atoms with Crippen molar-refractivity contribution in [2.24, 2.45) is 0 Å². The van der Waals surface area contributed by atoms with Crippen LogP contribution in [0.25, 0.3) is 0 Å². The molecule has 0 fully saturated rings. The van der Waals surface area contributed by atoms with E-state index in [1.165, 1.54) is 5.56 Å². The van der Waals surface area contributed by atoms with Crippen molar-refractivity contribution in [2.75, 3.05) is 18.2 Å². The van der Waals surface area contributed by atoms with Gasteiger partial charge < -0.3 is 20.5 Å². The summed E-state index contributed by atoms with van der Waals surface area (Å²) in [6, 6.07) is 11.2. The Labute approximate surface area is 149 Å². The Bertz CT molecular complexity index is 757. The van der Waals surface area contributed by atoms with E-state index in [0.29, 0.717) is 28.8 Å². The van der Waals surface area contributed by atoms with Gasteiger partial charge in [-0.2, -0.15) is 0 Å². The molecule has 0 aliphatic carbocycles. The highest BCUT2D eigenvalue weighted by molar-refractivity contribution is 5.97. The number of nitrogens with two attached hydrogens (primary N) is 1. The van der Waals surface area contributed by atoms with Crippen molar-refractivity contribution in [3.63, 3.8) is 0 Å². The van der Waals surface area contributed by atoms with Gasteiger partial charge in [0.2, 0.25) is 0 Å². The fourth-order valence-corrected chi connectivity index (χ4v) is 2.35. The van der Waals surface area contributed by atoms with E-state index in [2.05, 4.69) is 25.2 Å². The molecule has 25 heavy (non-hydrogen) atoms. The third-order valence-electron chi connectivity index (χ3n) is 4.07. The number of nitrogen functional groups attached to an aromatic ring is 1. The Morgan fingerprint density at radius 2 is 1.84 bits per heavy atom. The van der Waals surface area contributed by atoms with Crippen LogP contribution in [-0.2, 0) is 4.79 Å². The van der Waals surface area contributed by atoms with Crippen LogP contribution in [0.3, 0.4) is 0 Å². The van der Waals surface area contributed by atoms with E-state index < -0.39 is 6.10 Å². The summed E-state index contributed by atoms with van der Waals surface area (Å²) in [5.74, 6) is 1.46. The fourth-order valence-electron chi connectivity index (χ4n) is 2.35. The molecule has 0 saturated carbocycles. The Kier molecular flexibility index (Phi) is 5.91. The van der Waals surface area contributed by atoms with Gasteiger partial charge in [0.15, 0.2) is 6.10 Å². The van der Waals surface area contributed by atoms with Gasteiger partial charge in [-0.1, -0.05) is 26.0 Å². The molecular formula is C20H26N2O3. The number of nitrogens with one attached hydrogen (secondary N) is 1. The third kappa shape index (κ3) is 4.66. The Balaban J connectivity index is 2.12.